The van der Waals surface area contributed by atoms with Crippen molar-refractivity contribution >= 4 is 11.8 Å². The molecule has 1 atom stereocenters. The fourth-order valence-corrected chi connectivity index (χ4v) is 3.16. The molecule has 20 heavy (non-hydrogen) atoms. The molecule has 0 aliphatic rings. The molecule has 0 aromatic heterocycles. The van der Waals surface area contributed by atoms with Gasteiger partial charge in [0.05, 0.1) is 0 Å². The predicted octanol–water partition coefficient (Wildman–Crippen LogP) is 5.12. The van der Waals surface area contributed by atoms with Gasteiger partial charge in [-0.25, -0.2) is 4.39 Å². The second-order valence-electron chi connectivity index (χ2n) is 5.27. The Kier molecular flexibility index (Phi) is 4.84. The van der Waals surface area contributed by atoms with Crippen LogP contribution in [0.5, 0.6) is 0 Å². The van der Waals surface area contributed by atoms with Crippen LogP contribution in [-0.4, -0.2) is 0 Å². The molecule has 0 heterocycles. The molecule has 0 amide bonds. The molecule has 2 N–H and O–H groups in total. The summed E-state index contributed by atoms with van der Waals surface area (Å²) in [7, 11) is 0. The van der Waals surface area contributed by atoms with Crippen LogP contribution in [0, 0.1) is 5.82 Å². The lowest BCUT2D eigenvalue weighted by Gasteiger charge is -2.13. The van der Waals surface area contributed by atoms with Crippen LogP contribution in [0.1, 0.15) is 43.9 Å². The Morgan fingerprint density at radius 1 is 1.00 bits per heavy atom. The first-order valence-corrected chi connectivity index (χ1v) is 7.62. The highest BCUT2D eigenvalue weighted by Crippen LogP contribution is 2.34. The number of halogens is 1. The minimum Gasteiger partial charge on any atom is -0.324 e. The molecule has 1 nitrogen and oxygen atoms in total. The van der Waals surface area contributed by atoms with E-state index in [9.17, 15) is 4.39 Å². The quantitative estimate of drug-likeness (QED) is 0.845. The van der Waals surface area contributed by atoms with Crippen molar-refractivity contribution in [1.29, 1.82) is 0 Å². The van der Waals surface area contributed by atoms with E-state index in [2.05, 4.69) is 38.1 Å². The van der Waals surface area contributed by atoms with Crippen molar-refractivity contribution in [1.82, 2.24) is 0 Å². The molecule has 3 heteroatoms. The molecule has 0 unspecified atom stereocenters. The van der Waals surface area contributed by atoms with E-state index >= 15 is 0 Å². The van der Waals surface area contributed by atoms with Crippen LogP contribution in [0.15, 0.2) is 52.3 Å². The third kappa shape index (κ3) is 3.41. The summed E-state index contributed by atoms with van der Waals surface area (Å²) in [6.07, 6.45) is 0. The summed E-state index contributed by atoms with van der Waals surface area (Å²) in [6, 6.07) is 13.2. The molecule has 2 rings (SSSR count). The lowest BCUT2D eigenvalue weighted by molar-refractivity contribution is 0.585. The molecule has 0 saturated heterocycles. The van der Waals surface area contributed by atoms with Crippen LogP contribution < -0.4 is 5.73 Å². The maximum absolute atomic E-state index is 13.9. The minimum atomic E-state index is -0.311. The van der Waals surface area contributed by atoms with Crippen LogP contribution in [0.3, 0.4) is 0 Å². The fourth-order valence-electron chi connectivity index (χ4n) is 2.10. The summed E-state index contributed by atoms with van der Waals surface area (Å²) >= 11 is 1.56. The topological polar surface area (TPSA) is 26.0 Å². The van der Waals surface area contributed by atoms with Gasteiger partial charge in [0.1, 0.15) is 5.82 Å². The zero-order valence-electron chi connectivity index (χ0n) is 12.1. The highest BCUT2D eigenvalue weighted by atomic mass is 32.2. The zero-order valence-corrected chi connectivity index (χ0v) is 12.9. The number of hydrogen-bond donors (Lipinski definition) is 1. The van der Waals surface area contributed by atoms with E-state index in [-0.39, 0.29) is 11.9 Å². The Morgan fingerprint density at radius 3 is 2.20 bits per heavy atom. The van der Waals surface area contributed by atoms with Gasteiger partial charge in [-0.1, -0.05) is 43.8 Å². The molecule has 2 aromatic rings. The first-order valence-electron chi connectivity index (χ1n) is 6.81. The number of rotatable bonds is 4. The van der Waals surface area contributed by atoms with Gasteiger partial charge in [-0.2, -0.15) is 0 Å². The van der Waals surface area contributed by atoms with Crippen molar-refractivity contribution in [2.24, 2.45) is 5.73 Å². The average molecular weight is 289 g/mol. The Morgan fingerprint density at radius 2 is 1.65 bits per heavy atom. The molecule has 0 saturated carbocycles. The smallest absolute Gasteiger partial charge is 0.129 e. The summed E-state index contributed by atoms with van der Waals surface area (Å²) in [4.78, 5) is 1.99. The normalized spacial score (nSPS) is 12.7. The average Bonchev–Trinajstić information content (AvgIpc) is 2.39. The minimum absolute atomic E-state index is 0.233. The largest absolute Gasteiger partial charge is 0.324 e. The molecular weight excluding hydrogens is 269 g/mol. The summed E-state index contributed by atoms with van der Waals surface area (Å²) in [5.41, 5.74) is 7.77. The van der Waals surface area contributed by atoms with E-state index in [1.54, 1.807) is 17.8 Å². The van der Waals surface area contributed by atoms with Gasteiger partial charge in [0.15, 0.2) is 0 Å². The van der Waals surface area contributed by atoms with E-state index in [0.29, 0.717) is 11.5 Å². The highest BCUT2D eigenvalue weighted by Gasteiger charge is 2.13. The van der Waals surface area contributed by atoms with Gasteiger partial charge in [-0.05, 0) is 42.7 Å². The summed E-state index contributed by atoms with van der Waals surface area (Å²) < 4.78 is 13.9. The van der Waals surface area contributed by atoms with Gasteiger partial charge in [-0.15, -0.1) is 0 Å². The maximum atomic E-state index is 13.9. The van der Waals surface area contributed by atoms with Gasteiger partial charge in [-0.3, -0.25) is 0 Å². The molecule has 0 aliphatic heterocycles. The standard InChI is InChI=1S/C17H20FNS/c1-11(2)13-7-9-14(10-8-13)20-16-6-4-5-15(18)17(16)12(3)19/h4-12H,19H2,1-3H3/t12-/m1/s1. The van der Waals surface area contributed by atoms with E-state index in [1.807, 2.05) is 13.0 Å². The van der Waals surface area contributed by atoms with Crippen molar-refractivity contribution < 1.29 is 4.39 Å². The molecule has 0 radical (unpaired) electrons. The van der Waals surface area contributed by atoms with Gasteiger partial charge in [0, 0.05) is 21.4 Å². The van der Waals surface area contributed by atoms with Crippen LogP contribution in [0.25, 0.3) is 0 Å². The number of benzene rings is 2. The van der Waals surface area contributed by atoms with Gasteiger partial charge in [0.2, 0.25) is 0 Å². The second kappa shape index (κ2) is 6.42. The van der Waals surface area contributed by atoms with E-state index < -0.39 is 0 Å². The highest BCUT2D eigenvalue weighted by molar-refractivity contribution is 7.99. The summed E-state index contributed by atoms with van der Waals surface area (Å²) in [5.74, 6) is 0.284. The van der Waals surface area contributed by atoms with E-state index in [1.165, 1.54) is 11.6 Å². The first kappa shape index (κ1) is 15.1. The summed E-state index contributed by atoms with van der Waals surface area (Å²) in [5, 5.41) is 0. The zero-order chi connectivity index (χ0) is 14.7. The molecular formula is C17H20FNS. The summed E-state index contributed by atoms with van der Waals surface area (Å²) in [6.45, 7) is 6.15. The van der Waals surface area contributed by atoms with E-state index in [4.69, 9.17) is 5.73 Å². The maximum Gasteiger partial charge on any atom is 0.129 e. The van der Waals surface area contributed by atoms with Crippen molar-refractivity contribution in [2.75, 3.05) is 0 Å². The molecule has 0 bridgehead atoms. The lowest BCUT2D eigenvalue weighted by atomic mass is 10.0. The van der Waals surface area contributed by atoms with Crippen molar-refractivity contribution in [3.05, 3.63) is 59.4 Å². The van der Waals surface area contributed by atoms with Crippen LogP contribution in [0.2, 0.25) is 0 Å². The van der Waals surface area contributed by atoms with Gasteiger partial charge >= 0.3 is 0 Å². The Balaban J connectivity index is 2.28. The van der Waals surface area contributed by atoms with E-state index in [0.717, 1.165) is 9.79 Å². The number of hydrogen-bond acceptors (Lipinski definition) is 2. The van der Waals surface area contributed by atoms with Gasteiger partial charge in [0.25, 0.3) is 0 Å². The third-order valence-electron chi connectivity index (χ3n) is 3.24. The van der Waals surface area contributed by atoms with Crippen LogP contribution in [-0.2, 0) is 0 Å². The number of nitrogens with two attached hydrogens (primary N) is 1. The van der Waals surface area contributed by atoms with Gasteiger partial charge < -0.3 is 5.73 Å². The lowest BCUT2D eigenvalue weighted by Crippen LogP contribution is -2.08. The molecule has 0 fully saturated rings. The second-order valence-corrected chi connectivity index (χ2v) is 6.38. The predicted molar refractivity (Wildman–Crippen MR) is 83.7 cm³/mol. The molecule has 0 aliphatic carbocycles. The Labute approximate surface area is 124 Å². The molecule has 106 valence electrons. The molecule has 2 aromatic carbocycles. The Hall–Kier alpha value is -1.32. The van der Waals surface area contributed by atoms with Crippen LogP contribution >= 0.6 is 11.8 Å². The molecule has 0 spiro atoms. The van der Waals surface area contributed by atoms with Crippen molar-refractivity contribution in [2.45, 2.75) is 42.5 Å². The van der Waals surface area contributed by atoms with Crippen LogP contribution in [0.4, 0.5) is 4.39 Å². The van der Waals surface area contributed by atoms with Crippen molar-refractivity contribution in [3.63, 3.8) is 0 Å². The first-order chi connectivity index (χ1) is 9.49. The monoisotopic (exact) mass is 289 g/mol. The SMILES string of the molecule is CC(C)c1ccc(Sc2cccc(F)c2[C@@H](C)N)cc1. The third-order valence-corrected chi connectivity index (χ3v) is 4.33. The Bertz CT molecular complexity index is 576. The fraction of sp³-hybridized carbons (Fsp3) is 0.294. The van der Waals surface area contributed by atoms with Crippen molar-refractivity contribution in [3.8, 4) is 0 Å².